The highest BCUT2D eigenvalue weighted by molar-refractivity contribution is 7.89. The van der Waals surface area contributed by atoms with Crippen LogP contribution in [0.15, 0.2) is 47.4 Å². The Morgan fingerprint density at radius 1 is 1.23 bits per heavy atom. The van der Waals surface area contributed by atoms with Crippen molar-refractivity contribution in [2.24, 2.45) is 5.73 Å². The maximum Gasteiger partial charge on any atom is 0.270 e. The zero-order valence-corrected chi connectivity index (χ0v) is 14.5. The van der Waals surface area contributed by atoms with Crippen LogP contribution in [0.1, 0.15) is 21.5 Å². The van der Waals surface area contributed by atoms with Crippen LogP contribution in [0.3, 0.4) is 0 Å². The molecule has 26 heavy (non-hydrogen) atoms. The molecule has 0 aromatic heterocycles. The molecule has 0 spiro atoms. The molecule has 0 unspecified atom stereocenters. The number of primary amides is 1. The van der Waals surface area contributed by atoms with E-state index in [1.807, 2.05) is 0 Å². The summed E-state index contributed by atoms with van der Waals surface area (Å²) in [7, 11) is -3.94. The Morgan fingerprint density at radius 2 is 1.88 bits per heavy atom. The van der Waals surface area contributed by atoms with E-state index < -0.39 is 20.9 Å². The van der Waals surface area contributed by atoms with Gasteiger partial charge in [0.2, 0.25) is 15.9 Å². The van der Waals surface area contributed by atoms with Crippen LogP contribution in [0, 0.1) is 28.9 Å². The Kier molecular flexibility index (Phi) is 5.71. The largest absolute Gasteiger partial charge is 0.366 e. The maximum absolute atomic E-state index is 12.3. The molecule has 0 aliphatic carbocycles. The molecular formula is C17H15N3O5S. The number of carbonyl (C=O) groups is 1. The quantitative estimate of drug-likeness (QED) is 0.463. The van der Waals surface area contributed by atoms with E-state index in [-0.39, 0.29) is 17.1 Å². The first-order valence-electron chi connectivity index (χ1n) is 7.34. The number of nitro benzene ring substituents is 1. The highest BCUT2D eigenvalue weighted by Gasteiger charge is 2.19. The van der Waals surface area contributed by atoms with Gasteiger partial charge in [0.15, 0.2) is 0 Å². The number of nitrogens with one attached hydrogen (secondary N) is 1. The number of non-ortho nitro benzene ring substituents is 1. The molecule has 2 aromatic carbocycles. The van der Waals surface area contributed by atoms with E-state index in [2.05, 4.69) is 16.6 Å². The summed E-state index contributed by atoms with van der Waals surface area (Å²) in [5.41, 5.74) is 6.14. The van der Waals surface area contributed by atoms with Gasteiger partial charge in [0.05, 0.1) is 16.4 Å². The van der Waals surface area contributed by atoms with Gasteiger partial charge in [0.1, 0.15) is 0 Å². The third kappa shape index (κ3) is 4.66. The molecule has 0 saturated heterocycles. The van der Waals surface area contributed by atoms with Crippen molar-refractivity contribution in [1.29, 1.82) is 0 Å². The van der Waals surface area contributed by atoms with E-state index in [0.29, 0.717) is 16.7 Å². The predicted molar refractivity (Wildman–Crippen MR) is 94.9 cm³/mol. The number of benzene rings is 2. The van der Waals surface area contributed by atoms with Crippen molar-refractivity contribution in [3.63, 3.8) is 0 Å². The van der Waals surface area contributed by atoms with Gasteiger partial charge in [-0.2, -0.15) is 4.72 Å². The molecule has 0 saturated carbocycles. The van der Waals surface area contributed by atoms with Crippen molar-refractivity contribution in [3.05, 3.63) is 69.3 Å². The Labute approximate surface area is 150 Å². The first-order valence-corrected chi connectivity index (χ1v) is 8.82. The number of aryl methyl sites for hydroxylation is 1. The third-order valence-electron chi connectivity index (χ3n) is 3.42. The topological polar surface area (TPSA) is 132 Å². The Hall–Kier alpha value is -3.22. The van der Waals surface area contributed by atoms with Crippen molar-refractivity contribution in [2.75, 3.05) is 6.54 Å². The van der Waals surface area contributed by atoms with E-state index in [0.717, 1.165) is 6.07 Å². The molecule has 0 bridgehead atoms. The van der Waals surface area contributed by atoms with Crippen LogP contribution in [0.2, 0.25) is 0 Å². The number of rotatable bonds is 5. The van der Waals surface area contributed by atoms with Gasteiger partial charge in [-0.1, -0.05) is 17.9 Å². The zero-order valence-electron chi connectivity index (χ0n) is 13.7. The van der Waals surface area contributed by atoms with Crippen LogP contribution in [0.5, 0.6) is 0 Å². The van der Waals surface area contributed by atoms with Gasteiger partial charge in [0.25, 0.3) is 5.69 Å². The van der Waals surface area contributed by atoms with Crippen LogP contribution in [0.4, 0.5) is 5.69 Å². The summed E-state index contributed by atoms with van der Waals surface area (Å²) in [6.07, 6.45) is 0. The first kappa shape index (κ1) is 19.1. The molecule has 1 amide bonds. The van der Waals surface area contributed by atoms with Gasteiger partial charge in [-0.3, -0.25) is 14.9 Å². The molecule has 0 aliphatic heterocycles. The number of amides is 1. The lowest BCUT2D eigenvalue weighted by Crippen LogP contribution is -2.24. The number of hydrogen-bond donors (Lipinski definition) is 2. The van der Waals surface area contributed by atoms with E-state index in [4.69, 9.17) is 5.73 Å². The number of sulfonamides is 1. The molecule has 3 N–H and O–H groups in total. The summed E-state index contributed by atoms with van der Waals surface area (Å²) in [4.78, 5) is 21.0. The fourth-order valence-corrected chi connectivity index (χ4v) is 3.25. The van der Waals surface area contributed by atoms with Crippen LogP contribution >= 0.6 is 0 Å². The second kappa shape index (κ2) is 7.77. The highest BCUT2D eigenvalue weighted by Crippen LogP contribution is 2.21. The van der Waals surface area contributed by atoms with E-state index in [1.54, 1.807) is 19.1 Å². The van der Waals surface area contributed by atoms with Gasteiger partial charge < -0.3 is 5.73 Å². The second-order valence-corrected chi connectivity index (χ2v) is 7.01. The van der Waals surface area contributed by atoms with Crippen molar-refractivity contribution in [1.82, 2.24) is 4.72 Å². The lowest BCUT2D eigenvalue weighted by atomic mass is 10.1. The average Bonchev–Trinajstić information content (AvgIpc) is 2.59. The third-order valence-corrected chi connectivity index (χ3v) is 4.97. The zero-order chi connectivity index (χ0) is 19.3. The summed E-state index contributed by atoms with van der Waals surface area (Å²) in [6, 6.07) is 9.83. The van der Waals surface area contributed by atoms with Gasteiger partial charge in [-0.15, -0.1) is 0 Å². The summed E-state index contributed by atoms with van der Waals surface area (Å²) in [5, 5.41) is 10.8. The van der Waals surface area contributed by atoms with Crippen molar-refractivity contribution in [2.45, 2.75) is 11.8 Å². The summed E-state index contributed by atoms with van der Waals surface area (Å²) in [5.74, 6) is 4.83. The van der Waals surface area contributed by atoms with Crippen LogP contribution < -0.4 is 10.5 Å². The Morgan fingerprint density at radius 3 is 2.46 bits per heavy atom. The monoisotopic (exact) mass is 373 g/mol. The molecule has 0 atom stereocenters. The fraction of sp³-hybridized carbons (Fsp3) is 0.118. The van der Waals surface area contributed by atoms with Crippen molar-refractivity contribution in [3.8, 4) is 11.8 Å². The summed E-state index contributed by atoms with van der Waals surface area (Å²) in [6.45, 7) is 1.37. The molecule has 2 rings (SSSR count). The molecule has 0 radical (unpaired) electrons. The highest BCUT2D eigenvalue weighted by atomic mass is 32.2. The van der Waals surface area contributed by atoms with E-state index in [1.165, 1.54) is 24.3 Å². The van der Waals surface area contributed by atoms with Crippen LogP contribution in [0.25, 0.3) is 0 Å². The van der Waals surface area contributed by atoms with Crippen LogP contribution in [-0.2, 0) is 10.0 Å². The van der Waals surface area contributed by atoms with E-state index in [9.17, 15) is 23.3 Å². The molecule has 0 aliphatic rings. The molecule has 8 nitrogen and oxygen atoms in total. The van der Waals surface area contributed by atoms with Gasteiger partial charge in [-0.25, -0.2) is 8.42 Å². The average molecular weight is 373 g/mol. The Bertz CT molecular complexity index is 1020. The fourth-order valence-electron chi connectivity index (χ4n) is 2.06. The number of carbonyl (C=O) groups excluding carboxylic acids is 1. The lowest BCUT2D eigenvalue weighted by Gasteiger charge is -2.07. The molecular weight excluding hydrogens is 358 g/mol. The minimum atomic E-state index is -3.94. The minimum Gasteiger partial charge on any atom is -0.366 e. The van der Waals surface area contributed by atoms with Gasteiger partial charge in [0, 0.05) is 23.3 Å². The minimum absolute atomic E-state index is 0.167. The number of nitrogens with two attached hydrogens (primary N) is 1. The normalized spacial score (nSPS) is 10.7. The summed E-state index contributed by atoms with van der Waals surface area (Å²) < 4.78 is 26.9. The standard InChI is InChI=1S/C17H15N3O5S/c1-12-4-9-15(20(22)23)11-16(12)26(24,25)19-10-2-3-13-5-7-14(8-6-13)17(18)21/h4-9,11,19H,10H2,1H3,(H2,18,21). The molecule has 2 aromatic rings. The molecule has 134 valence electrons. The number of nitrogens with zero attached hydrogens (tertiary/aromatic N) is 1. The SMILES string of the molecule is Cc1ccc([N+](=O)[O-])cc1S(=O)(=O)NCC#Cc1ccc(C(N)=O)cc1. The van der Waals surface area contributed by atoms with Crippen LogP contribution in [-0.4, -0.2) is 25.8 Å². The predicted octanol–water partition coefficient (Wildman–Crippen LogP) is 1.33. The molecule has 0 fully saturated rings. The lowest BCUT2D eigenvalue weighted by molar-refractivity contribution is -0.385. The summed E-state index contributed by atoms with van der Waals surface area (Å²) >= 11 is 0. The second-order valence-electron chi connectivity index (χ2n) is 5.27. The smallest absolute Gasteiger partial charge is 0.270 e. The van der Waals surface area contributed by atoms with Gasteiger partial charge >= 0.3 is 0 Å². The molecule has 9 heteroatoms. The Balaban J connectivity index is 2.11. The van der Waals surface area contributed by atoms with Gasteiger partial charge in [-0.05, 0) is 36.8 Å². The maximum atomic E-state index is 12.3. The van der Waals surface area contributed by atoms with Crippen molar-refractivity contribution >= 4 is 21.6 Å². The van der Waals surface area contributed by atoms with E-state index >= 15 is 0 Å². The number of hydrogen-bond acceptors (Lipinski definition) is 5. The molecule has 0 heterocycles. The number of nitro groups is 1. The van der Waals surface area contributed by atoms with Crippen molar-refractivity contribution < 1.29 is 18.1 Å². The first-order chi connectivity index (χ1) is 12.2.